The highest BCUT2D eigenvalue weighted by Gasteiger charge is 2.23. The molecule has 4 nitrogen and oxygen atoms in total. The molecule has 0 saturated carbocycles. The molecule has 1 aromatic heterocycles. The van der Waals surface area contributed by atoms with Crippen LogP contribution >= 0.6 is 0 Å². The first-order chi connectivity index (χ1) is 11.9. The predicted octanol–water partition coefficient (Wildman–Crippen LogP) is 4.88. The van der Waals surface area contributed by atoms with Gasteiger partial charge in [-0.25, -0.2) is 22.5 Å². The van der Waals surface area contributed by atoms with E-state index in [1.54, 1.807) is 0 Å². The number of halogens is 4. The van der Waals surface area contributed by atoms with Crippen molar-refractivity contribution in [3.63, 3.8) is 0 Å². The average Bonchev–Trinajstić information content (AvgIpc) is 2.59. The molecule has 1 heterocycles. The van der Waals surface area contributed by atoms with E-state index >= 15 is 0 Å². The van der Waals surface area contributed by atoms with Crippen LogP contribution in [-0.4, -0.2) is 9.91 Å². The SMILES string of the molecule is O=[N+]([O-])c1cc(-c2cccc(F)c2F)cnc1-c1cccc(F)c1F. The summed E-state index contributed by atoms with van der Waals surface area (Å²) >= 11 is 0. The van der Waals surface area contributed by atoms with Crippen LogP contribution in [-0.2, 0) is 0 Å². The molecule has 0 amide bonds. The van der Waals surface area contributed by atoms with Gasteiger partial charge in [-0.05, 0) is 18.2 Å². The van der Waals surface area contributed by atoms with Crippen LogP contribution in [0.4, 0.5) is 23.2 Å². The molecule has 0 atom stereocenters. The predicted molar refractivity (Wildman–Crippen MR) is 81.6 cm³/mol. The highest BCUT2D eigenvalue weighted by atomic mass is 19.2. The number of hydrogen-bond donors (Lipinski definition) is 0. The zero-order valence-electron chi connectivity index (χ0n) is 12.3. The standard InChI is InChI=1S/C17H8F4N2O2/c18-12-5-1-3-10(15(12)20)9-7-14(23(24)25)17(22-8-9)11-4-2-6-13(19)16(11)21/h1-8H. The molecule has 126 valence electrons. The van der Waals surface area contributed by atoms with E-state index in [1.807, 2.05) is 0 Å². The number of pyridine rings is 1. The van der Waals surface area contributed by atoms with E-state index < -0.39 is 45.1 Å². The van der Waals surface area contributed by atoms with Gasteiger partial charge in [0.25, 0.3) is 5.69 Å². The Kier molecular flexibility index (Phi) is 4.18. The minimum absolute atomic E-state index is 0.0655. The van der Waals surface area contributed by atoms with Crippen molar-refractivity contribution in [2.45, 2.75) is 0 Å². The quantitative estimate of drug-likeness (QED) is 0.385. The van der Waals surface area contributed by atoms with Crippen LogP contribution in [0.25, 0.3) is 22.4 Å². The van der Waals surface area contributed by atoms with Gasteiger partial charge in [-0.15, -0.1) is 0 Å². The maximum atomic E-state index is 13.9. The van der Waals surface area contributed by atoms with Crippen LogP contribution < -0.4 is 0 Å². The number of hydrogen-bond acceptors (Lipinski definition) is 3. The first-order valence-electron chi connectivity index (χ1n) is 6.93. The van der Waals surface area contributed by atoms with Crippen molar-refractivity contribution < 1.29 is 22.5 Å². The van der Waals surface area contributed by atoms with Gasteiger partial charge in [0.15, 0.2) is 29.0 Å². The Morgan fingerprint density at radius 3 is 2.04 bits per heavy atom. The second-order valence-corrected chi connectivity index (χ2v) is 5.05. The van der Waals surface area contributed by atoms with E-state index in [4.69, 9.17) is 0 Å². The molecule has 0 radical (unpaired) electrons. The van der Waals surface area contributed by atoms with Gasteiger partial charge in [-0.3, -0.25) is 10.1 Å². The number of rotatable bonds is 3. The van der Waals surface area contributed by atoms with Gasteiger partial charge in [0, 0.05) is 29.0 Å². The molecule has 0 spiro atoms. The fourth-order valence-electron chi connectivity index (χ4n) is 2.36. The third kappa shape index (κ3) is 2.93. The van der Waals surface area contributed by atoms with E-state index in [-0.39, 0.29) is 11.1 Å². The number of benzene rings is 2. The van der Waals surface area contributed by atoms with Crippen molar-refractivity contribution in [2.75, 3.05) is 0 Å². The second kappa shape index (κ2) is 6.31. The Hall–Kier alpha value is -3.29. The topological polar surface area (TPSA) is 56.0 Å². The first kappa shape index (κ1) is 16.6. The smallest absolute Gasteiger partial charge is 0.258 e. The van der Waals surface area contributed by atoms with Crippen molar-refractivity contribution in [1.29, 1.82) is 0 Å². The summed E-state index contributed by atoms with van der Waals surface area (Å²) in [6, 6.07) is 7.47. The lowest BCUT2D eigenvalue weighted by Gasteiger charge is -2.08. The number of nitro groups is 1. The number of aromatic nitrogens is 1. The summed E-state index contributed by atoms with van der Waals surface area (Å²) in [6.07, 6.45) is 1.03. The monoisotopic (exact) mass is 348 g/mol. The van der Waals surface area contributed by atoms with Crippen molar-refractivity contribution in [3.8, 4) is 22.4 Å². The summed E-state index contributed by atoms with van der Waals surface area (Å²) in [5.41, 5.74) is -1.78. The van der Waals surface area contributed by atoms with Gasteiger partial charge in [0.1, 0.15) is 0 Å². The fourth-order valence-corrected chi connectivity index (χ4v) is 2.36. The molecular formula is C17H8F4N2O2. The van der Waals surface area contributed by atoms with Crippen LogP contribution in [0.3, 0.4) is 0 Å². The summed E-state index contributed by atoms with van der Waals surface area (Å²) in [4.78, 5) is 14.2. The van der Waals surface area contributed by atoms with Crippen molar-refractivity contribution in [3.05, 3.63) is 82.0 Å². The average molecular weight is 348 g/mol. The van der Waals surface area contributed by atoms with E-state index in [2.05, 4.69) is 4.98 Å². The maximum absolute atomic E-state index is 13.9. The lowest BCUT2D eigenvalue weighted by molar-refractivity contribution is -0.384. The van der Waals surface area contributed by atoms with Crippen molar-refractivity contribution in [1.82, 2.24) is 4.98 Å². The molecule has 0 N–H and O–H groups in total. The molecule has 0 fully saturated rings. The van der Waals surface area contributed by atoms with Crippen LogP contribution in [0, 0.1) is 33.4 Å². The molecule has 25 heavy (non-hydrogen) atoms. The zero-order chi connectivity index (χ0) is 18.1. The molecule has 0 aliphatic heterocycles. The van der Waals surface area contributed by atoms with Gasteiger partial charge in [0.05, 0.1) is 4.92 Å². The molecule has 0 unspecified atom stereocenters. The van der Waals surface area contributed by atoms with Crippen LogP contribution in [0.5, 0.6) is 0 Å². The highest BCUT2D eigenvalue weighted by Crippen LogP contribution is 2.34. The Labute approximate surface area is 138 Å². The molecule has 0 aliphatic rings. The van der Waals surface area contributed by atoms with E-state index in [0.29, 0.717) is 0 Å². The second-order valence-electron chi connectivity index (χ2n) is 5.05. The van der Waals surface area contributed by atoms with Gasteiger partial charge >= 0.3 is 0 Å². The third-order valence-corrected chi connectivity index (χ3v) is 3.53. The van der Waals surface area contributed by atoms with Crippen LogP contribution in [0.1, 0.15) is 0 Å². The normalized spacial score (nSPS) is 10.7. The molecule has 0 aliphatic carbocycles. The molecule has 2 aromatic carbocycles. The minimum atomic E-state index is -1.29. The highest BCUT2D eigenvalue weighted by molar-refractivity contribution is 5.75. The minimum Gasteiger partial charge on any atom is -0.258 e. The molecule has 8 heteroatoms. The fraction of sp³-hybridized carbons (Fsp3) is 0. The Bertz CT molecular complexity index is 992. The summed E-state index contributed by atoms with van der Waals surface area (Å²) in [5.74, 6) is -4.79. The maximum Gasteiger partial charge on any atom is 0.296 e. The van der Waals surface area contributed by atoms with Gasteiger partial charge in [0.2, 0.25) is 0 Å². The van der Waals surface area contributed by atoms with Gasteiger partial charge in [-0.1, -0.05) is 18.2 Å². The third-order valence-electron chi connectivity index (χ3n) is 3.53. The molecule has 0 saturated heterocycles. The zero-order valence-corrected chi connectivity index (χ0v) is 12.3. The number of nitrogens with zero attached hydrogens (tertiary/aromatic N) is 2. The first-order valence-corrected chi connectivity index (χ1v) is 6.93. The van der Waals surface area contributed by atoms with Gasteiger partial charge in [-0.2, -0.15) is 0 Å². The molecule has 3 rings (SSSR count). The summed E-state index contributed by atoms with van der Waals surface area (Å²) in [7, 11) is 0. The largest absolute Gasteiger partial charge is 0.296 e. The Morgan fingerprint density at radius 1 is 0.880 bits per heavy atom. The van der Waals surface area contributed by atoms with E-state index in [9.17, 15) is 27.7 Å². The van der Waals surface area contributed by atoms with Crippen LogP contribution in [0.15, 0.2) is 48.7 Å². The summed E-state index contributed by atoms with van der Waals surface area (Å²) in [5, 5.41) is 11.3. The van der Waals surface area contributed by atoms with Crippen molar-refractivity contribution >= 4 is 5.69 Å². The Morgan fingerprint density at radius 2 is 1.44 bits per heavy atom. The molecule has 0 bridgehead atoms. The lowest BCUT2D eigenvalue weighted by atomic mass is 10.0. The van der Waals surface area contributed by atoms with Crippen LogP contribution in [0.2, 0.25) is 0 Å². The van der Waals surface area contributed by atoms with Gasteiger partial charge < -0.3 is 0 Å². The van der Waals surface area contributed by atoms with E-state index in [1.165, 1.54) is 18.2 Å². The summed E-state index contributed by atoms with van der Waals surface area (Å²) < 4.78 is 54.5. The molecule has 3 aromatic rings. The molecular weight excluding hydrogens is 340 g/mol. The summed E-state index contributed by atoms with van der Waals surface area (Å²) in [6.45, 7) is 0. The Balaban J connectivity index is 2.22. The van der Waals surface area contributed by atoms with Crippen molar-refractivity contribution in [2.24, 2.45) is 0 Å². The lowest BCUT2D eigenvalue weighted by Crippen LogP contribution is -1.99. The van der Waals surface area contributed by atoms with E-state index in [0.717, 1.165) is 30.5 Å².